The highest BCUT2D eigenvalue weighted by Crippen LogP contribution is 2.33. The lowest BCUT2D eigenvalue weighted by atomic mass is 9.75. The largest absolute Gasteiger partial charge is 0.480 e. The fourth-order valence-electron chi connectivity index (χ4n) is 2.34. The topological polar surface area (TPSA) is 63.6 Å². The summed E-state index contributed by atoms with van der Waals surface area (Å²) in [6.07, 6.45) is 0.811. The van der Waals surface area contributed by atoms with Crippen molar-refractivity contribution < 1.29 is 19.4 Å². The monoisotopic (exact) mass is 264 g/mol. The van der Waals surface area contributed by atoms with Gasteiger partial charge < -0.3 is 9.84 Å². The summed E-state index contributed by atoms with van der Waals surface area (Å²) >= 11 is 0. The number of rotatable bonds is 6. The van der Waals surface area contributed by atoms with Gasteiger partial charge in [0.15, 0.2) is 5.41 Å². The van der Waals surface area contributed by atoms with Gasteiger partial charge in [-0.3, -0.25) is 9.59 Å². The summed E-state index contributed by atoms with van der Waals surface area (Å²) in [5.41, 5.74) is -0.301. The first-order valence-corrected chi connectivity index (χ1v) is 6.47. The molecule has 1 atom stereocenters. The lowest BCUT2D eigenvalue weighted by Crippen LogP contribution is -2.45. The molecule has 0 aliphatic rings. The Balaban J connectivity index is 3.44. The van der Waals surface area contributed by atoms with Crippen molar-refractivity contribution in [3.05, 3.63) is 35.4 Å². The van der Waals surface area contributed by atoms with Gasteiger partial charge in [-0.05, 0) is 31.4 Å². The molecule has 0 bridgehead atoms. The molecule has 0 fully saturated rings. The maximum absolute atomic E-state index is 12.2. The van der Waals surface area contributed by atoms with Crippen LogP contribution in [-0.4, -0.2) is 23.7 Å². The van der Waals surface area contributed by atoms with Crippen molar-refractivity contribution >= 4 is 11.9 Å². The minimum atomic E-state index is -1.60. The van der Waals surface area contributed by atoms with Crippen molar-refractivity contribution in [3.8, 4) is 0 Å². The van der Waals surface area contributed by atoms with E-state index in [-0.39, 0.29) is 13.0 Å². The SMILES string of the molecule is CCCC(C(=O)O)(C(=O)OCC)c1ccccc1C. The van der Waals surface area contributed by atoms with Crippen molar-refractivity contribution in [2.45, 2.75) is 39.0 Å². The Kier molecular flexibility index (Phi) is 5.10. The number of ether oxygens (including phenoxy) is 1. The quantitative estimate of drug-likeness (QED) is 0.633. The van der Waals surface area contributed by atoms with Gasteiger partial charge in [0.05, 0.1) is 6.61 Å². The fraction of sp³-hybridized carbons (Fsp3) is 0.467. The molecular weight excluding hydrogens is 244 g/mol. The zero-order valence-electron chi connectivity index (χ0n) is 11.6. The number of benzene rings is 1. The molecule has 4 nitrogen and oxygen atoms in total. The summed E-state index contributed by atoms with van der Waals surface area (Å²) in [4.78, 5) is 24.0. The first kappa shape index (κ1) is 15.2. The van der Waals surface area contributed by atoms with E-state index in [4.69, 9.17) is 4.74 Å². The third kappa shape index (κ3) is 2.78. The minimum absolute atomic E-state index is 0.170. The summed E-state index contributed by atoms with van der Waals surface area (Å²) in [5.74, 6) is -1.83. The van der Waals surface area contributed by atoms with E-state index < -0.39 is 17.4 Å². The molecule has 0 saturated heterocycles. The molecule has 104 valence electrons. The van der Waals surface area contributed by atoms with Crippen LogP contribution >= 0.6 is 0 Å². The van der Waals surface area contributed by atoms with E-state index in [9.17, 15) is 14.7 Å². The Morgan fingerprint density at radius 3 is 2.37 bits per heavy atom. The molecule has 1 unspecified atom stereocenters. The van der Waals surface area contributed by atoms with Crippen LogP contribution in [-0.2, 0) is 19.7 Å². The van der Waals surface area contributed by atoms with E-state index in [1.54, 1.807) is 19.1 Å². The summed E-state index contributed by atoms with van der Waals surface area (Å²) in [5, 5.41) is 9.63. The van der Waals surface area contributed by atoms with Gasteiger partial charge in [-0.1, -0.05) is 37.6 Å². The number of esters is 1. The van der Waals surface area contributed by atoms with Crippen molar-refractivity contribution in [1.29, 1.82) is 0 Å². The van der Waals surface area contributed by atoms with Crippen LogP contribution in [0.25, 0.3) is 0 Å². The molecule has 0 amide bonds. The van der Waals surface area contributed by atoms with Crippen LogP contribution in [0.5, 0.6) is 0 Å². The van der Waals surface area contributed by atoms with Gasteiger partial charge in [-0.15, -0.1) is 0 Å². The van der Waals surface area contributed by atoms with E-state index in [0.717, 1.165) is 5.56 Å². The molecular formula is C15H20O4. The van der Waals surface area contributed by atoms with Crippen LogP contribution in [0.15, 0.2) is 24.3 Å². The number of aryl methyl sites for hydroxylation is 1. The van der Waals surface area contributed by atoms with Crippen LogP contribution in [0, 0.1) is 6.92 Å². The van der Waals surface area contributed by atoms with Crippen molar-refractivity contribution in [1.82, 2.24) is 0 Å². The molecule has 1 rings (SSSR count). The summed E-state index contributed by atoms with van der Waals surface area (Å²) < 4.78 is 5.01. The number of carboxylic acids is 1. The maximum Gasteiger partial charge on any atom is 0.328 e. The second-order valence-electron chi connectivity index (χ2n) is 4.50. The van der Waals surface area contributed by atoms with Gasteiger partial charge in [0.1, 0.15) is 0 Å². The normalized spacial score (nSPS) is 13.6. The number of hydrogen-bond donors (Lipinski definition) is 1. The number of aliphatic carboxylic acids is 1. The molecule has 0 saturated carbocycles. The van der Waals surface area contributed by atoms with E-state index >= 15 is 0 Å². The first-order valence-electron chi connectivity index (χ1n) is 6.47. The van der Waals surface area contributed by atoms with Crippen molar-refractivity contribution in [2.24, 2.45) is 0 Å². The number of hydrogen-bond acceptors (Lipinski definition) is 3. The van der Waals surface area contributed by atoms with Crippen LogP contribution < -0.4 is 0 Å². The van der Waals surface area contributed by atoms with Gasteiger partial charge >= 0.3 is 11.9 Å². The van der Waals surface area contributed by atoms with Gasteiger partial charge in [-0.2, -0.15) is 0 Å². The van der Waals surface area contributed by atoms with Gasteiger partial charge in [0, 0.05) is 0 Å². The van der Waals surface area contributed by atoms with Crippen LogP contribution in [0.4, 0.5) is 0 Å². The summed E-state index contributed by atoms with van der Waals surface area (Å²) in [7, 11) is 0. The highest BCUT2D eigenvalue weighted by atomic mass is 16.5. The number of carboxylic acid groups (broad SMARTS) is 1. The Labute approximate surface area is 113 Å². The molecule has 1 aromatic rings. The Bertz CT molecular complexity index is 467. The number of carbonyl (C=O) groups excluding carboxylic acids is 1. The second kappa shape index (κ2) is 6.36. The molecule has 0 radical (unpaired) electrons. The smallest absolute Gasteiger partial charge is 0.328 e. The van der Waals surface area contributed by atoms with E-state index in [1.165, 1.54) is 0 Å². The third-order valence-corrected chi connectivity index (χ3v) is 3.22. The average Bonchev–Trinajstić information content (AvgIpc) is 2.36. The highest BCUT2D eigenvalue weighted by Gasteiger charge is 2.49. The highest BCUT2D eigenvalue weighted by molar-refractivity contribution is 6.05. The molecule has 0 spiro atoms. The maximum atomic E-state index is 12.2. The average molecular weight is 264 g/mol. The molecule has 19 heavy (non-hydrogen) atoms. The molecule has 4 heteroatoms. The lowest BCUT2D eigenvalue weighted by molar-refractivity contribution is -0.162. The predicted molar refractivity (Wildman–Crippen MR) is 72.0 cm³/mol. The van der Waals surface area contributed by atoms with Crippen LogP contribution in [0.3, 0.4) is 0 Å². The third-order valence-electron chi connectivity index (χ3n) is 3.22. The standard InChI is InChI=1S/C15H20O4/c1-4-10-15(13(16)17,14(18)19-5-2)12-9-7-6-8-11(12)3/h6-9H,4-5,10H2,1-3H3,(H,16,17). The van der Waals surface area contributed by atoms with Crippen LogP contribution in [0.1, 0.15) is 37.8 Å². The summed E-state index contributed by atoms with van der Waals surface area (Å²) in [6, 6.07) is 7.06. The summed E-state index contributed by atoms with van der Waals surface area (Å²) in [6.45, 7) is 5.51. The van der Waals surface area contributed by atoms with Gasteiger partial charge in [-0.25, -0.2) is 0 Å². The van der Waals surface area contributed by atoms with Crippen LogP contribution in [0.2, 0.25) is 0 Å². The van der Waals surface area contributed by atoms with Crippen molar-refractivity contribution in [2.75, 3.05) is 6.61 Å². The Hall–Kier alpha value is -1.84. The first-order chi connectivity index (χ1) is 9.00. The molecule has 1 aromatic carbocycles. The Morgan fingerprint density at radius 1 is 1.26 bits per heavy atom. The van der Waals surface area contributed by atoms with Gasteiger partial charge in [0.2, 0.25) is 0 Å². The van der Waals surface area contributed by atoms with E-state index in [1.807, 2.05) is 26.0 Å². The molecule has 0 aliphatic carbocycles. The van der Waals surface area contributed by atoms with E-state index in [0.29, 0.717) is 12.0 Å². The molecule has 1 N–H and O–H groups in total. The fourth-order valence-corrected chi connectivity index (χ4v) is 2.34. The number of carbonyl (C=O) groups is 2. The minimum Gasteiger partial charge on any atom is -0.480 e. The zero-order valence-corrected chi connectivity index (χ0v) is 11.6. The lowest BCUT2D eigenvalue weighted by Gasteiger charge is -2.28. The molecule has 0 aliphatic heterocycles. The predicted octanol–water partition coefficient (Wildman–Crippen LogP) is 2.68. The van der Waals surface area contributed by atoms with Gasteiger partial charge in [0.25, 0.3) is 0 Å². The van der Waals surface area contributed by atoms with E-state index in [2.05, 4.69) is 0 Å². The molecule has 0 heterocycles. The zero-order chi connectivity index (χ0) is 14.5. The molecule has 0 aromatic heterocycles. The van der Waals surface area contributed by atoms with Crippen molar-refractivity contribution in [3.63, 3.8) is 0 Å². The second-order valence-corrected chi connectivity index (χ2v) is 4.50. The Morgan fingerprint density at radius 2 is 1.89 bits per heavy atom.